The van der Waals surface area contributed by atoms with Gasteiger partial charge in [-0.2, -0.15) is 0 Å². The normalized spacial score (nSPS) is 10.2. The number of aryl methyl sites for hydroxylation is 1. The number of amides is 2. The Balaban J connectivity index is 1.81. The summed E-state index contributed by atoms with van der Waals surface area (Å²) >= 11 is 5.79. The predicted octanol–water partition coefficient (Wildman–Crippen LogP) is 3.08. The van der Waals surface area contributed by atoms with Crippen molar-refractivity contribution in [3.8, 4) is 0 Å². The van der Waals surface area contributed by atoms with Gasteiger partial charge in [-0.3, -0.25) is 9.59 Å². The Bertz CT molecular complexity index is 717. The number of carbonyl (C=O) groups is 2. The standard InChI is InChI=1S/C17H16ClFN2O2/c1-11-2-7-14(10-15(11)19)21-17(23)16(22)20-9-8-12-3-5-13(18)6-4-12/h2-7,10H,8-9H2,1H3,(H,20,22)(H,21,23). The lowest BCUT2D eigenvalue weighted by Gasteiger charge is -2.07. The van der Waals surface area contributed by atoms with Crippen molar-refractivity contribution >= 4 is 29.1 Å². The van der Waals surface area contributed by atoms with Crippen molar-refractivity contribution in [3.05, 3.63) is 64.4 Å². The number of hydrogen-bond donors (Lipinski definition) is 2. The maximum atomic E-state index is 13.4. The first-order valence-corrected chi connectivity index (χ1v) is 7.43. The Morgan fingerprint density at radius 3 is 2.43 bits per heavy atom. The third-order valence-corrected chi connectivity index (χ3v) is 3.50. The number of nitrogens with one attached hydrogen (secondary N) is 2. The third kappa shape index (κ3) is 5.07. The van der Waals surface area contributed by atoms with Gasteiger partial charge >= 0.3 is 11.8 Å². The molecule has 0 aliphatic carbocycles. The second kappa shape index (κ2) is 7.74. The van der Waals surface area contributed by atoms with Gasteiger partial charge in [-0.15, -0.1) is 0 Å². The van der Waals surface area contributed by atoms with Gasteiger partial charge in [0, 0.05) is 17.3 Å². The molecule has 0 aliphatic rings. The number of benzene rings is 2. The highest BCUT2D eigenvalue weighted by Crippen LogP contribution is 2.13. The molecule has 2 rings (SSSR count). The topological polar surface area (TPSA) is 58.2 Å². The molecule has 2 aromatic carbocycles. The molecule has 6 heteroatoms. The van der Waals surface area contributed by atoms with Gasteiger partial charge in [0.05, 0.1) is 0 Å². The Hall–Kier alpha value is -2.40. The van der Waals surface area contributed by atoms with Crippen molar-refractivity contribution in [3.63, 3.8) is 0 Å². The number of halogens is 2. The van der Waals surface area contributed by atoms with Crippen LogP contribution < -0.4 is 10.6 Å². The fourth-order valence-electron chi connectivity index (χ4n) is 1.91. The van der Waals surface area contributed by atoms with E-state index in [1.807, 2.05) is 12.1 Å². The lowest BCUT2D eigenvalue weighted by molar-refractivity contribution is -0.136. The zero-order valence-electron chi connectivity index (χ0n) is 12.5. The van der Waals surface area contributed by atoms with Gasteiger partial charge in [0.2, 0.25) is 0 Å². The van der Waals surface area contributed by atoms with E-state index < -0.39 is 17.6 Å². The summed E-state index contributed by atoms with van der Waals surface area (Å²) in [5, 5.41) is 5.51. The Kier molecular flexibility index (Phi) is 5.71. The molecule has 0 aromatic heterocycles. The minimum absolute atomic E-state index is 0.242. The summed E-state index contributed by atoms with van der Waals surface area (Å²) < 4.78 is 13.4. The zero-order chi connectivity index (χ0) is 16.8. The molecule has 0 aliphatic heterocycles. The van der Waals surface area contributed by atoms with E-state index in [-0.39, 0.29) is 5.69 Å². The summed E-state index contributed by atoms with van der Waals surface area (Å²) in [5.74, 6) is -2.03. The molecule has 0 heterocycles. The van der Waals surface area contributed by atoms with E-state index in [0.29, 0.717) is 23.6 Å². The van der Waals surface area contributed by atoms with Crippen LogP contribution in [0.4, 0.5) is 10.1 Å². The molecule has 0 radical (unpaired) electrons. The Morgan fingerprint density at radius 2 is 1.78 bits per heavy atom. The summed E-state index contributed by atoms with van der Waals surface area (Å²) in [6.07, 6.45) is 0.579. The smallest absolute Gasteiger partial charge is 0.313 e. The average Bonchev–Trinajstić information content (AvgIpc) is 2.52. The van der Waals surface area contributed by atoms with E-state index in [1.54, 1.807) is 19.1 Å². The summed E-state index contributed by atoms with van der Waals surface area (Å²) in [6, 6.07) is 11.5. The Morgan fingerprint density at radius 1 is 1.09 bits per heavy atom. The highest BCUT2D eigenvalue weighted by Gasteiger charge is 2.13. The maximum absolute atomic E-state index is 13.4. The fourth-order valence-corrected chi connectivity index (χ4v) is 2.04. The molecule has 23 heavy (non-hydrogen) atoms. The SMILES string of the molecule is Cc1ccc(NC(=O)C(=O)NCCc2ccc(Cl)cc2)cc1F. The van der Waals surface area contributed by atoms with Crippen molar-refractivity contribution in [1.29, 1.82) is 0 Å². The van der Waals surface area contributed by atoms with E-state index >= 15 is 0 Å². The first-order chi connectivity index (χ1) is 11.0. The first kappa shape index (κ1) is 17.0. The van der Waals surface area contributed by atoms with E-state index in [1.165, 1.54) is 18.2 Å². The van der Waals surface area contributed by atoms with E-state index in [9.17, 15) is 14.0 Å². The summed E-state index contributed by atoms with van der Waals surface area (Å²) in [5.41, 5.74) is 1.71. The van der Waals surface area contributed by atoms with E-state index in [0.717, 1.165) is 5.56 Å². The number of hydrogen-bond acceptors (Lipinski definition) is 2. The first-order valence-electron chi connectivity index (χ1n) is 7.05. The van der Waals surface area contributed by atoms with Crippen LogP contribution in [0.1, 0.15) is 11.1 Å². The van der Waals surface area contributed by atoms with Gasteiger partial charge in [0.1, 0.15) is 5.82 Å². The molecule has 0 atom stereocenters. The van der Waals surface area contributed by atoms with Crippen molar-refractivity contribution in [2.75, 3.05) is 11.9 Å². The van der Waals surface area contributed by atoms with E-state index in [4.69, 9.17) is 11.6 Å². The molecule has 0 saturated carbocycles. The van der Waals surface area contributed by atoms with Crippen LogP contribution in [-0.4, -0.2) is 18.4 Å². The second-order valence-corrected chi connectivity index (χ2v) is 5.49. The molecule has 4 nitrogen and oxygen atoms in total. The van der Waals surface area contributed by atoms with Crippen LogP contribution in [0.3, 0.4) is 0 Å². The van der Waals surface area contributed by atoms with Crippen LogP contribution in [0, 0.1) is 12.7 Å². The van der Waals surface area contributed by atoms with Gasteiger partial charge in [-0.1, -0.05) is 29.8 Å². The summed E-state index contributed by atoms with van der Waals surface area (Å²) in [4.78, 5) is 23.4. The lowest BCUT2D eigenvalue weighted by atomic mass is 10.1. The van der Waals surface area contributed by atoms with Gasteiger partial charge < -0.3 is 10.6 Å². The number of anilines is 1. The largest absolute Gasteiger partial charge is 0.347 e. The number of carbonyl (C=O) groups excluding carboxylic acids is 2. The molecule has 0 bridgehead atoms. The fraction of sp³-hybridized carbons (Fsp3) is 0.176. The van der Waals surface area contributed by atoms with Crippen LogP contribution in [-0.2, 0) is 16.0 Å². The van der Waals surface area contributed by atoms with Crippen molar-refractivity contribution < 1.29 is 14.0 Å². The predicted molar refractivity (Wildman–Crippen MR) is 87.9 cm³/mol. The van der Waals surface area contributed by atoms with Gasteiger partial charge in [-0.25, -0.2) is 4.39 Å². The summed E-state index contributed by atoms with van der Waals surface area (Å²) in [6.45, 7) is 1.93. The third-order valence-electron chi connectivity index (χ3n) is 3.25. The Labute approximate surface area is 138 Å². The quantitative estimate of drug-likeness (QED) is 0.844. The van der Waals surface area contributed by atoms with E-state index in [2.05, 4.69) is 10.6 Å². The average molecular weight is 335 g/mol. The molecule has 0 fully saturated rings. The monoisotopic (exact) mass is 334 g/mol. The molecular weight excluding hydrogens is 319 g/mol. The van der Waals surface area contributed by atoms with Crippen molar-refractivity contribution in [2.45, 2.75) is 13.3 Å². The van der Waals surface area contributed by atoms with Gasteiger partial charge in [-0.05, 0) is 48.7 Å². The highest BCUT2D eigenvalue weighted by atomic mass is 35.5. The molecule has 0 saturated heterocycles. The molecule has 0 spiro atoms. The van der Waals surface area contributed by atoms with Crippen LogP contribution in [0.15, 0.2) is 42.5 Å². The van der Waals surface area contributed by atoms with Crippen LogP contribution in [0.2, 0.25) is 5.02 Å². The molecule has 2 aromatic rings. The molecule has 0 unspecified atom stereocenters. The molecule has 2 amide bonds. The van der Waals surface area contributed by atoms with Crippen LogP contribution in [0.25, 0.3) is 0 Å². The molecule has 2 N–H and O–H groups in total. The lowest BCUT2D eigenvalue weighted by Crippen LogP contribution is -2.36. The van der Waals surface area contributed by atoms with Crippen LogP contribution in [0.5, 0.6) is 0 Å². The maximum Gasteiger partial charge on any atom is 0.313 e. The zero-order valence-corrected chi connectivity index (χ0v) is 13.3. The summed E-state index contributed by atoms with van der Waals surface area (Å²) in [7, 11) is 0. The van der Waals surface area contributed by atoms with Gasteiger partial charge in [0.25, 0.3) is 0 Å². The minimum Gasteiger partial charge on any atom is -0.347 e. The number of rotatable bonds is 4. The second-order valence-electron chi connectivity index (χ2n) is 5.05. The highest BCUT2D eigenvalue weighted by molar-refractivity contribution is 6.39. The van der Waals surface area contributed by atoms with Crippen molar-refractivity contribution in [2.24, 2.45) is 0 Å². The van der Waals surface area contributed by atoms with Crippen LogP contribution >= 0.6 is 11.6 Å². The molecule has 120 valence electrons. The van der Waals surface area contributed by atoms with Crippen molar-refractivity contribution in [1.82, 2.24) is 5.32 Å². The minimum atomic E-state index is -0.829. The molecular formula is C17H16ClFN2O2. The van der Waals surface area contributed by atoms with Gasteiger partial charge in [0.15, 0.2) is 0 Å².